The molecule has 0 unspecified atom stereocenters. The summed E-state index contributed by atoms with van der Waals surface area (Å²) in [6.45, 7) is 0. The molecule has 0 aliphatic carbocycles. The molecule has 0 radical (unpaired) electrons. The Morgan fingerprint density at radius 1 is 1.24 bits per heavy atom. The van der Waals surface area contributed by atoms with Gasteiger partial charge >= 0.3 is 0 Å². The maximum Gasteiger partial charge on any atom is 0.236 e. The molecule has 0 aliphatic rings. The molecule has 0 fully saturated rings. The van der Waals surface area contributed by atoms with E-state index in [0.29, 0.717) is 11.3 Å². The molecule has 0 spiro atoms. The molecular formula is C9H12ClNO4S2. The van der Waals surface area contributed by atoms with Crippen molar-refractivity contribution in [1.29, 1.82) is 0 Å². The summed E-state index contributed by atoms with van der Waals surface area (Å²) in [6, 6.07) is 6.19. The number of hydrogen-bond acceptors (Lipinski definition) is 4. The van der Waals surface area contributed by atoms with E-state index in [2.05, 4.69) is 0 Å². The first-order valence-corrected chi connectivity index (χ1v) is 8.87. The van der Waals surface area contributed by atoms with Gasteiger partial charge in [-0.2, -0.15) is 0 Å². The van der Waals surface area contributed by atoms with Crippen LogP contribution in [0.1, 0.15) is 5.56 Å². The van der Waals surface area contributed by atoms with Crippen molar-refractivity contribution < 1.29 is 16.8 Å². The molecule has 5 nitrogen and oxygen atoms in total. The normalized spacial score (nSPS) is 12.4. The first-order valence-electron chi connectivity index (χ1n) is 4.55. The molecule has 0 amide bonds. The molecule has 96 valence electrons. The Bertz CT molecular complexity index is 610. The summed E-state index contributed by atoms with van der Waals surface area (Å²) in [4.78, 5) is 0. The van der Waals surface area contributed by atoms with Crippen LogP contribution in [0.2, 0.25) is 0 Å². The molecule has 0 aliphatic heterocycles. The van der Waals surface area contributed by atoms with E-state index in [-0.39, 0.29) is 5.75 Å². The molecule has 0 saturated heterocycles. The standard InChI is InChI=1S/C9H12ClNO4S2/c1-11(16(2,12)13)9-5-3-4-8(6-9)7-17(10,14)15/h3-6H,7H2,1-2H3. The van der Waals surface area contributed by atoms with Crippen LogP contribution >= 0.6 is 10.7 Å². The Morgan fingerprint density at radius 3 is 2.29 bits per heavy atom. The number of halogens is 1. The summed E-state index contributed by atoms with van der Waals surface area (Å²) in [6.07, 6.45) is 1.07. The molecule has 0 aromatic heterocycles. The number of sulfonamides is 1. The van der Waals surface area contributed by atoms with Crippen LogP contribution in [0, 0.1) is 0 Å². The van der Waals surface area contributed by atoms with Gasteiger partial charge in [0.2, 0.25) is 19.1 Å². The molecule has 17 heavy (non-hydrogen) atoms. The molecule has 1 aromatic carbocycles. The molecule has 0 heterocycles. The Kier molecular flexibility index (Phi) is 4.06. The number of rotatable bonds is 4. The van der Waals surface area contributed by atoms with Crippen molar-refractivity contribution >= 4 is 35.4 Å². The molecule has 0 N–H and O–H groups in total. The summed E-state index contributed by atoms with van der Waals surface area (Å²) in [5, 5.41) is 0. The van der Waals surface area contributed by atoms with Gasteiger partial charge < -0.3 is 0 Å². The van der Waals surface area contributed by atoms with Crippen LogP contribution in [-0.2, 0) is 24.8 Å². The minimum atomic E-state index is -3.65. The largest absolute Gasteiger partial charge is 0.274 e. The van der Waals surface area contributed by atoms with Crippen LogP contribution in [0.5, 0.6) is 0 Å². The lowest BCUT2D eigenvalue weighted by Crippen LogP contribution is -2.24. The van der Waals surface area contributed by atoms with Crippen LogP contribution in [0.3, 0.4) is 0 Å². The lowest BCUT2D eigenvalue weighted by atomic mass is 10.2. The van der Waals surface area contributed by atoms with Crippen molar-refractivity contribution in [2.75, 3.05) is 17.6 Å². The fourth-order valence-electron chi connectivity index (χ4n) is 1.23. The summed E-state index contributed by atoms with van der Waals surface area (Å²) in [7, 11) is -0.494. The van der Waals surface area contributed by atoms with Gasteiger partial charge in [-0.05, 0) is 17.7 Å². The maximum atomic E-state index is 11.3. The van der Waals surface area contributed by atoms with Crippen LogP contribution in [0.15, 0.2) is 24.3 Å². The Labute approximate surface area is 105 Å². The zero-order valence-corrected chi connectivity index (χ0v) is 11.7. The van der Waals surface area contributed by atoms with Gasteiger partial charge in [-0.3, -0.25) is 4.31 Å². The van der Waals surface area contributed by atoms with Crippen LogP contribution in [0.4, 0.5) is 5.69 Å². The zero-order chi connectivity index (χ0) is 13.3. The summed E-state index contributed by atoms with van der Waals surface area (Å²) in [5.41, 5.74) is 0.832. The average Bonchev–Trinajstić information content (AvgIpc) is 2.12. The third-order valence-electron chi connectivity index (χ3n) is 2.11. The predicted octanol–water partition coefficient (Wildman–Crippen LogP) is 1.15. The van der Waals surface area contributed by atoms with Crippen LogP contribution < -0.4 is 4.31 Å². The van der Waals surface area contributed by atoms with E-state index < -0.39 is 19.1 Å². The highest BCUT2D eigenvalue weighted by molar-refractivity contribution is 8.13. The molecule has 1 aromatic rings. The fourth-order valence-corrected chi connectivity index (χ4v) is 2.68. The molecular weight excluding hydrogens is 286 g/mol. The van der Waals surface area contributed by atoms with Gasteiger partial charge in [0.05, 0.1) is 17.7 Å². The van der Waals surface area contributed by atoms with E-state index in [1.807, 2.05) is 0 Å². The topological polar surface area (TPSA) is 71.5 Å². The van der Waals surface area contributed by atoms with Gasteiger partial charge in [-0.1, -0.05) is 12.1 Å². The van der Waals surface area contributed by atoms with Crippen molar-refractivity contribution in [3.8, 4) is 0 Å². The minimum Gasteiger partial charge on any atom is -0.274 e. The van der Waals surface area contributed by atoms with E-state index in [0.717, 1.165) is 10.6 Å². The number of anilines is 1. The highest BCUT2D eigenvalue weighted by Crippen LogP contribution is 2.19. The average molecular weight is 298 g/mol. The first-order chi connectivity index (χ1) is 7.59. The van der Waals surface area contributed by atoms with Crippen molar-refractivity contribution in [2.45, 2.75) is 5.75 Å². The molecule has 0 atom stereocenters. The quantitative estimate of drug-likeness (QED) is 0.782. The molecule has 0 bridgehead atoms. The van der Waals surface area contributed by atoms with Gasteiger partial charge in [0, 0.05) is 17.7 Å². The molecule has 1 rings (SSSR count). The fraction of sp³-hybridized carbons (Fsp3) is 0.333. The summed E-state index contributed by atoms with van der Waals surface area (Å²) >= 11 is 0. The maximum absolute atomic E-state index is 11.3. The van der Waals surface area contributed by atoms with E-state index >= 15 is 0 Å². The van der Waals surface area contributed by atoms with Gasteiger partial charge in [0.1, 0.15) is 0 Å². The highest BCUT2D eigenvalue weighted by atomic mass is 35.7. The van der Waals surface area contributed by atoms with Crippen molar-refractivity contribution in [2.24, 2.45) is 0 Å². The second-order valence-electron chi connectivity index (χ2n) is 3.58. The monoisotopic (exact) mass is 297 g/mol. The smallest absolute Gasteiger partial charge is 0.236 e. The predicted molar refractivity (Wildman–Crippen MR) is 68.2 cm³/mol. The number of nitrogens with zero attached hydrogens (tertiary/aromatic N) is 1. The Morgan fingerprint density at radius 2 is 1.82 bits per heavy atom. The minimum absolute atomic E-state index is 0.333. The van der Waals surface area contributed by atoms with Gasteiger partial charge in [-0.25, -0.2) is 16.8 Å². The number of benzene rings is 1. The second kappa shape index (κ2) is 4.83. The van der Waals surface area contributed by atoms with Crippen LogP contribution in [0.25, 0.3) is 0 Å². The van der Waals surface area contributed by atoms with Gasteiger partial charge in [0.15, 0.2) is 0 Å². The summed E-state index contributed by atoms with van der Waals surface area (Å²) < 4.78 is 45.5. The Balaban J connectivity index is 3.10. The van der Waals surface area contributed by atoms with E-state index in [9.17, 15) is 16.8 Å². The molecule has 0 saturated carbocycles. The molecule has 8 heteroatoms. The summed E-state index contributed by atoms with van der Waals surface area (Å²) in [5.74, 6) is -0.333. The third kappa shape index (κ3) is 4.53. The SMILES string of the molecule is CN(c1cccc(CS(=O)(=O)Cl)c1)S(C)(=O)=O. The lowest BCUT2D eigenvalue weighted by molar-refractivity contribution is 0.600. The second-order valence-corrected chi connectivity index (χ2v) is 8.37. The Hall–Kier alpha value is -0.790. The number of hydrogen-bond donors (Lipinski definition) is 0. The van der Waals surface area contributed by atoms with Gasteiger partial charge in [-0.15, -0.1) is 0 Å². The van der Waals surface area contributed by atoms with Gasteiger partial charge in [0.25, 0.3) is 0 Å². The third-order valence-corrected chi connectivity index (χ3v) is 4.32. The first kappa shape index (κ1) is 14.3. The van der Waals surface area contributed by atoms with Crippen molar-refractivity contribution in [3.63, 3.8) is 0 Å². The van der Waals surface area contributed by atoms with Crippen molar-refractivity contribution in [3.05, 3.63) is 29.8 Å². The zero-order valence-electron chi connectivity index (χ0n) is 9.29. The van der Waals surface area contributed by atoms with Crippen LogP contribution in [-0.4, -0.2) is 30.1 Å². The van der Waals surface area contributed by atoms with E-state index in [4.69, 9.17) is 10.7 Å². The van der Waals surface area contributed by atoms with Crippen molar-refractivity contribution in [1.82, 2.24) is 0 Å². The van der Waals surface area contributed by atoms with E-state index in [1.165, 1.54) is 13.1 Å². The van der Waals surface area contributed by atoms with E-state index in [1.54, 1.807) is 18.2 Å². The lowest BCUT2D eigenvalue weighted by Gasteiger charge is -2.17. The highest BCUT2D eigenvalue weighted by Gasteiger charge is 2.13.